The third-order valence-corrected chi connectivity index (χ3v) is 4.90. The molecule has 1 aliphatic rings. The van der Waals surface area contributed by atoms with Gasteiger partial charge in [-0.3, -0.25) is 0 Å². The maximum absolute atomic E-state index is 10.3. The van der Waals surface area contributed by atoms with E-state index in [-0.39, 0.29) is 6.61 Å². The van der Waals surface area contributed by atoms with E-state index in [1.54, 1.807) is 6.08 Å². The third-order valence-electron chi connectivity index (χ3n) is 4.90. The molecule has 3 nitrogen and oxygen atoms in total. The van der Waals surface area contributed by atoms with Crippen LogP contribution >= 0.6 is 0 Å². The minimum Gasteiger partial charge on any atom is -0.392 e. The van der Waals surface area contributed by atoms with Gasteiger partial charge in [0.2, 0.25) is 0 Å². The zero-order valence-electron chi connectivity index (χ0n) is 12.8. The van der Waals surface area contributed by atoms with E-state index in [0.717, 1.165) is 43.8 Å². The van der Waals surface area contributed by atoms with E-state index in [9.17, 15) is 15.3 Å². The molecule has 3 heteroatoms. The lowest BCUT2D eigenvalue weighted by molar-refractivity contribution is 0.0471. The van der Waals surface area contributed by atoms with Crippen molar-refractivity contribution in [3.8, 4) is 0 Å². The van der Waals surface area contributed by atoms with Crippen molar-refractivity contribution in [2.75, 3.05) is 0 Å². The van der Waals surface area contributed by atoms with Crippen molar-refractivity contribution >= 4 is 27.6 Å². The first kappa shape index (κ1) is 14.4. The molecule has 3 aromatic carbocycles. The smallest absolute Gasteiger partial charge is 0.109 e. The van der Waals surface area contributed by atoms with Crippen molar-refractivity contribution in [3.05, 3.63) is 64.7 Å². The number of hydrogen-bond acceptors (Lipinski definition) is 3. The van der Waals surface area contributed by atoms with Gasteiger partial charge in [-0.15, -0.1) is 0 Å². The Balaban J connectivity index is 2.22. The highest BCUT2D eigenvalue weighted by Gasteiger charge is 2.25. The van der Waals surface area contributed by atoms with Gasteiger partial charge in [0.1, 0.15) is 12.2 Å². The van der Waals surface area contributed by atoms with E-state index in [2.05, 4.69) is 13.0 Å². The van der Waals surface area contributed by atoms with Crippen LogP contribution in [0.25, 0.3) is 27.6 Å². The second-order valence-electron chi connectivity index (χ2n) is 6.09. The Morgan fingerprint density at radius 3 is 2.43 bits per heavy atom. The molecule has 3 N–H and O–H groups in total. The number of hydrogen-bond donors (Lipinski definition) is 3. The molecule has 3 aromatic rings. The molecule has 0 unspecified atom stereocenters. The lowest BCUT2D eigenvalue weighted by atomic mass is 9.84. The number of aliphatic hydroxyl groups excluding tert-OH is 3. The van der Waals surface area contributed by atoms with Crippen LogP contribution in [0.1, 0.15) is 28.4 Å². The maximum atomic E-state index is 10.3. The van der Waals surface area contributed by atoms with Crippen LogP contribution in [0.3, 0.4) is 0 Å². The van der Waals surface area contributed by atoms with Crippen LogP contribution in [0.4, 0.5) is 0 Å². The van der Waals surface area contributed by atoms with Crippen molar-refractivity contribution in [2.45, 2.75) is 25.7 Å². The largest absolute Gasteiger partial charge is 0.392 e. The van der Waals surface area contributed by atoms with E-state index in [0.29, 0.717) is 0 Å². The first-order valence-corrected chi connectivity index (χ1v) is 7.75. The molecule has 2 atom stereocenters. The molecule has 0 aliphatic heterocycles. The number of fused-ring (bicyclic) bond motifs is 4. The Morgan fingerprint density at radius 2 is 1.70 bits per heavy atom. The lowest BCUT2D eigenvalue weighted by Gasteiger charge is -2.25. The summed E-state index contributed by atoms with van der Waals surface area (Å²) in [5, 5.41) is 34.2. The standard InChI is InChI=1S/C20H18O3/c1-11-12-4-2-3-5-13(12)17(10-21)15-6-7-16-14(19(11)15)8-9-18(22)20(16)23/h2-9,18,20-23H,10H2,1H3/t18-,20-/m1/s1. The quantitative estimate of drug-likeness (QED) is 0.605. The predicted octanol–water partition coefficient (Wildman–Crippen LogP) is 3.21. The average molecular weight is 306 g/mol. The summed E-state index contributed by atoms with van der Waals surface area (Å²) >= 11 is 0. The summed E-state index contributed by atoms with van der Waals surface area (Å²) in [5.41, 5.74) is 3.68. The van der Waals surface area contributed by atoms with Crippen molar-refractivity contribution < 1.29 is 15.3 Å². The van der Waals surface area contributed by atoms with E-state index < -0.39 is 12.2 Å². The molecule has 0 amide bonds. The highest BCUT2D eigenvalue weighted by atomic mass is 16.3. The molecule has 4 rings (SSSR count). The topological polar surface area (TPSA) is 60.7 Å². The lowest BCUT2D eigenvalue weighted by Crippen LogP contribution is -2.19. The van der Waals surface area contributed by atoms with Crippen molar-refractivity contribution in [2.24, 2.45) is 0 Å². The molecular formula is C20H18O3. The second kappa shape index (κ2) is 5.17. The molecule has 0 fully saturated rings. The van der Waals surface area contributed by atoms with E-state index in [1.807, 2.05) is 36.4 Å². The molecule has 0 radical (unpaired) electrons. The number of aliphatic hydroxyl groups is 3. The molecule has 0 saturated carbocycles. The second-order valence-corrected chi connectivity index (χ2v) is 6.09. The van der Waals surface area contributed by atoms with Gasteiger partial charge >= 0.3 is 0 Å². The Bertz CT molecular complexity index is 956. The molecule has 1 aliphatic carbocycles. The zero-order valence-corrected chi connectivity index (χ0v) is 12.8. The Morgan fingerprint density at radius 1 is 0.957 bits per heavy atom. The monoisotopic (exact) mass is 306 g/mol. The summed E-state index contributed by atoms with van der Waals surface area (Å²) in [6.45, 7) is 2.03. The van der Waals surface area contributed by atoms with Crippen molar-refractivity contribution in [1.82, 2.24) is 0 Å². The third kappa shape index (κ3) is 1.94. The van der Waals surface area contributed by atoms with Gasteiger partial charge in [0, 0.05) is 0 Å². The average Bonchev–Trinajstić information content (AvgIpc) is 2.58. The van der Waals surface area contributed by atoms with Crippen LogP contribution in [-0.2, 0) is 6.61 Å². The first-order chi connectivity index (χ1) is 11.1. The van der Waals surface area contributed by atoms with Gasteiger partial charge in [-0.05, 0) is 50.7 Å². The highest BCUT2D eigenvalue weighted by Crippen LogP contribution is 2.39. The van der Waals surface area contributed by atoms with Crippen molar-refractivity contribution in [1.29, 1.82) is 0 Å². The minimum absolute atomic E-state index is 0.0367. The fourth-order valence-corrected chi connectivity index (χ4v) is 3.74. The first-order valence-electron chi connectivity index (χ1n) is 7.75. The molecular weight excluding hydrogens is 288 g/mol. The van der Waals surface area contributed by atoms with Crippen LogP contribution in [0.2, 0.25) is 0 Å². The van der Waals surface area contributed by atoms with E-state index in [1.165, 1.54) is 0 Å². The van der Waals surface area contributed by atoms with Gasteiger partial charge in [-0.25, -0.2) is 0 Å². The summed E-state index contributed by atoms with van der Waals surface area (Å²) < 4.78 is 0. The van der Waals surface area contributed by atoms with E-state index in [4.69, 9.17) is 0 Å². The highest BCUT2D eigenvalue weighted by molar-refractivity contribution is 6.09. The molecule has 0 bridgehead atoms. The van der Waals surface area contributed by atoms with E-state index >= 15 is 0 Å². The number of aryl methyl sites for hydroxylation is 1. The molecule has 0 spiro atoms. The van der Waals surface area contributed by atoms with Crippen molar-refractivity contribution in [3.63, 3.8) is 0 Å². The number of rotatable bonds is 1. The van der Waals surface area contributed by atoms with Crippen LogP contribution in [0.15, 0.2) is 42.5 Å². The van der Waals surface area contributed by atoms with Crippen LogP contribution in [-0.4, -0.2) is 21.4 Å². The van der Waals surface area contributed by atoms with Gasteiger partial charge in [0.05, 0.1) is 6.61 Å². The molecule has 23 heavy (non-hydrogen) atoms. The van der Waals surface area contributed by atoms with Gasteiger partial charge in [-0.1, -0.05) is 48.6 Å². The predicted molar refractivity (Wildman–Crippen MR) is 92.1 cm³/mol. The van der Waals surface area contributed by atoms with Gasteiger partial charge in [-0.2, -0.15) is 0 Å². The summed E-state index contributed by atoms with van der Waals surface area (Å²) in [5.74, 6) is 0. The van der Waals surface area contributed by atoms with Gasteiger partial charge in [0.15, 0.2) is 0 Å². The molecule has 0 saturated heterocycles. The molecule has 0 aromatic heterocycles. The van der Waals surface area contributed by atoms with Gasteiger partial charge in [0.25, 0.3) is 0 Å². The zero-order chi connectivity index (χ0) is 16.1. The van der Waals surface area contributed by atoms with Gasteiger partial charge < -0.3 is 15.3 Å². The maximum Gasteiger partial charge on any atom is 0.109 e. The summed E-state index contributed by atoms with van der Waals surface area (Å²) in [6, 6.07) is 11.8. The Hall–Kier alpha value is -2.20. The summed E-state index contributed by atoms with van der Waals surface area (Å²) in [6.07, 6.45) is 1.71. The number of benzene rings is 3. The van der Waals surface area contributed by atoms with Crippen LogP contribution < -0.4 is 0 Å². The van der Waals surface area contributed by atoms with Crippen LogP contribution in [0, 0.1) is 6.92 Å². The fraction of sp³-hybridized carbons (Fsp3) is 0.200. The Labute approximate surface area is 134 Å². The summed E-state index contributed by atoms with van der Waals surface area (Å²) in [7, 11) is 0. The molecule has 0 heterocycles. The Kier molecular flexibility index (Phi) is 3.23. The molecule has 116 valence electrons. The minimum atomic E-state index is -0.914. The fourth-order valence-electron chi connectivity index (χ4n) is 3.74. The SMILES string of the molecule is Cc1c2ccccc2c(CO)c2ccc3c(c12)C=C[C@@H](O)[C@@H]3O. The normalized spacial score (nSPS) is 20.2. The van der Waals surface area contributed by atoms with Crippen LogP contribution in [0.5, 0.6) is 0 Å². The summed E-state index contributed by atoms with van der Waals surface area (Å²) in [4.78, 5) is 0.